The normalized spacial score (nSPS) is 21.1. The van der Waals surface area contributed by atoms with E-state index in [0.29, 0.717) is 18.5 Å². The van der Waals surface area contributed by atoms with Crippen LogP contribution in [0.5, 0.6) is 0 Å². The SMILES string of the molecule is CCNC(=NCc1ncnn1C)NC1CCC(c2ccccc2)CC1. The van der Waals surface area contributed by atoms with E-state index in [1.807, 2.05) is 7.05 Å². The molecule has 0 unspecified atom stereocenters. The van der Waals surface area contributed by atoms with E-state index < -0.39 is 0 Å². The number of aliphatic imine (C=N–C) groups is 1. The molecule has 1 heterocycles. The highest BCUT2D eigenvalue weighted by molar-refractivity contribution is 5.80. The number of rotatable bonds is 5. The quantitative estimate of drug-likeness (QED) is 0.648. The second kappa shape index (κ2) is 8.65. The number of benzene rings is 1. The van der Waals surface area contributed by atoms with Crippen molar-refractivity contribution in [2.24, 2.45) is 12.0 Å². The van der Waals surface area contributed by atoms with E-state index >= 15 is 0 Å². The molecule has 0 saturated heterocycles. The van der Waals surface area contributed by atoms with Crippen LogP contribution in [0.4, 0.5) is 0 Å². The number of hydrogen-bond acceptors (Lipinski definition) is 3. The molecule has 0 spiro atoms. The van der Waals surface area contributed by atoms with Crippen molar-refractivity contribution < 1.29 is 0 Å². The van der Waals surface area contributed by atoms with Crippen LogP contribution in [0.15, 0.2) is 41.7 Å². The third-order valence-corrected chi connectivity index (χ3v) is 4.87. The second-order valence-electron chi connectivity index (χ2n) is 6.60. The van der Waals surface area contributed by atoms with E-state index in [0.717, 1.165) is 18.3 Å². The predicted octanol–water partition coefficient (Wildman–Crippen LogP) is 2.60. The summed E-state index contributed by atoms with van der Waals surface area (Å²) in [6.45, 7) is 3.47. The molecule has 1 aromatic heterocycles. The molecule has 0 aliphatic heterocycles. The van der Waals surface area contributed by atoms with Gasteiger partial charge >= 0.3 is 0 Å². The Morgan fingerprint density at radius 1 is 1.20 bits per heavy atom. The zero-order chi connectivity index (χ0) is 17.5. The topological polar surface area (TPSA) is 67.1 Å². The third-order valence-electron chi connectivity index (χ3n) is 4.87. The molecule has 1 fully saturated rings. The highest BCUT2D eigenvalue weighted by atomic mass is 15.3. The Morgan fingerprint density at radius 3 is 2.60 bits per heavy atom. The van der Waals surface area contributed by atoms with Gasteiger partial charge in [-0.15, -0.1) is 0 Å². The molecule has 0 amide bonds. The van der Waals surface area contributed by atoms with Gasteiger partial charge in [0, 0.05) is 19.6 Å². The Bertz CT molecular complexity index is 670. The lowest BCUT2D eigenvalue weighted by molar-refractivity contribution is 0.371. The summed E-state index contributed by atoms with van der Waals surface area (Å²) in [7, 11) is 1.89. The van der Waals surface area contributed by atoms with Crippen molar-refractivity contribution in [3.63, 3.8) is 0 Å². The van der Waals surface area contributed by atoms with Crippen LogP contribution >= 0.6 is 0 Å². The van der Waals surface area contributed by atoms with Gasteiger partial charge in [-0.1, -0.05) is 30.3 Å². The first-order valence-electron chi connectivity index (χ1n) is 9.19. The Morgan fingerprint density at radius 2 is 1.96 bits per heavy atom. The first-order valence-corrected chi connectivity index (χ1v) is 9.19. The first-order chi connectivity index (χ1) is 12.3. The smallest absolute Gasteiger partial charge is 0.191 e. The summed E-state index contributed by atoms with van der Waals surface area (Å²) in [6.07, 6.45) is 6.37. The standard InChI is InChI=1S/C19H28N6/c1-3-20-19(21-13-18-22-14-23-25(18)2)24-17-11-9-16(10-12-17)15-7-5-4-6-8-15/h4-8,14,16-17H,3,9-13H2,1-2H3,(H2,20,21,24). The number of guanidine groups is 1. The van der Waals surface area contributed by atoms with Gasteiger partial charge < -0.3 is 10.6 Å². The summed E-state index contributed by atoms with van der Waals surface area (Å²) < 4.78 is 1.76. The molecule has 2 N–H and O–H groups in total. The first kappa shape index (κ1) is 17.5. The van der Waals surface area contributed by atoms with Gasteiger partial charge in [0.25, 0.3) is 0 Å². The maximum atomic E-state index is 4.66. The van der Waals surface area contributed by atoms with Gasteiger partial charge in [-0.2, -0.15) is 5.10 Å². The fraction of sp³-hybridized carbons (Fsp3) is 0.526. The number of hydrogen-bond donors (Lipinski definition) is 2. The molecule has 134 valence electrons. The average molecular weight is 340 g/mol. The minimum absolute atomic E-state index is 0.484. The van der Waals surface area contributed by atoms with Crippen LogP contribution in [0.2, 0.25) is 0 Å². The van der Waals surface area contributed by atoms with Crippen LogP contribution in [0.1, 0.15) is 49.9 Å². The molecule has 6 heteroatoms. The molecular weight excluding hydrogens is 312 g/mol. The van der Waals surface area contributed by atoms with Gasteiger partial charge in [0.2, 0.25) is 0 Å². The van der Waals surface area contributed by atoms with Crippen molar-refractivity contribution in [2.45, 2.75) is 51.1 Å². The van der Waals surface area contributed by atoms with Crippen molar-refractivity contribution in [2.75, 3.05) is 6.54 Å². The maximum Gasteiger partial charge on any atom is 0.191 e. The van der Waals surface area contributed by atoms with Gasteiger partial charge in [0.15, 0.2) is 5.96 Å². The molecular formula is C19H28N6. The summed E-state index contributed by atoms with van der Waals surface area (Å²) in [5, 5.41) is 11.0. The number of aryl methyl sites for hydroxylation is 1. The zero-order valence-electron chi connectivity index (χ0n) is 15.2. The van der Waals surface area contributed by atoms with E-state index in [-0.39, 0.29) is 0 Å². The van der Waals surface area contributed by atoms with Crippen molar-refractivity contribution in [1.82, 2.24) is 25.4 Å². The maximum absolute atomic E-state index is 4.66. The monoisotopic (exact) mass is 340 g/mol. The summed E-state index contributed by atoms with van der Waals surface area (Å²) >= 11 is 0. The van der Waals surface area contributed by atoms with Crippen LogP contribution in [0.25, 0.3) is 0 Å². The van der Waals surface area contributed by atoms with Crippen LogP contribution in [-0.4, -0.2) is 33.3 Å². The fourth-order valence-electron chi connectivity index (χ4n) is 3.42. The average Bonchev–Trinajstić information content (AvgIpc) is 3.06. The van der Waals surface area contributed by atoms with Crippen LogP contribution in [0, 0.1) is 0 Å². The van der Waals surface area contributed by atoms with Gasteiger partial charge in [0.05, 0.1) is 0 Å². The largest absolute Gasteiger partial charge is 0.357 e. The summed E-state index contributed by atoms with van der Waals surface area (Å²) in [4.78, 5) is 8.89. The van der Waals surface area contributed by atoms with E-state index in [1.54, 1.807) is 11.0 Å². The molecule has 2 aromatic rings. The van der Waals surface area contributed by atoms with Crippen molar-refractivity contribution >= 4 is 5.96 Å². The number of nitrogens with one attached hydrogen (secondary N) is 2. The molecule has 0 radical (unpaired) electrons. The molecule has 25 heavy (non-hydrogen) atoms. The third kappa shape index (κ3) is 4.81. The van der Waals surface area contributed by atoms with Gasteiger partial charge in [-0.25, -0.2) is 9.98 Å². The minimum atomic E-state index is 0.484. The van der Waals surface area contributed by atoms with Crippen molar-refractivity contribution in [3.8, 4) is 0 Å². The zero-order valence-corrected chi connectivity index (χ0v) is 15.2. The molecule has 1 aliphatic rings. The van der Waals surface area contributed by atoms with Gasteiger partial charge in [-0.05, 0) is 44.1 Å². The second-order valence-corrected chi connectivity index (χ2v) is 6.60. The molecule has 0 atom stereocenters. The number of aromatic nitrogens is 3. The molecule has 1 aliphatic carbocycles. The van der Waals surface area contributed by atoms with Crippen LogP contribution < -0.4 is 10.6 Å². The van der Waals surface area contributed by atoms with Crippen LogP contribution in [0.3, 0.4) is 0 Å². The highest BCUT2D eigenvalue weighted by Crippen LogP contribution is 2.32. The minimum Gasteiger partial charge on any atom is -0.357 e. The summed E-state index contributed by atoms with van der Waals surface area (Å²) in [6, 6.07) is 11.4. The van der Waals surface area contributed by atoms with Crippen molar-refractivity contribution in [1.29, 1.82) is 0 Å². The Balaban J connectivity index is 1.54. The molecule has 3 rings (SSSR count). The molecule has 1 saturated carbocycles. The Labute approximate surface area is 149 Å². The van der Waals surface area contributed by atoms with E-state index in [4.69, 9.17) is 0 Å². The lowest BCUT2D eigenvalue weighted by Gasteiger charge is -2.30. The van der Waals surface area contributed by atoms with Gasteiger partial charge in [-0.3, -0.25) is 4.68 Å². The fourth-order valence-corrected chi connectivity index (χ4v) is 3.42. The molecule has 0 bridgehead atoms. The predicted molar refractivity (Wildman–Crippen MR) is 100 cm³/mol. The summed E-state index contributed by atoms with van der Waals surface area (Å²) in [5.41, 5.74) is 1.48. The van der Waals surface area contributed by atoms with E-state index in [1.165, 1.54) is 31.2 Å². The lowest BCUT2D eigenvalue weighted by atomic mass is 9.82. The Hall–Kier alpha value is -2.37. The van der Waals surface area contributed by atoms with Crippen LogP contribution in [-0.2, 0) is 13.6 Å². The van der Waals surface area contributed by atoms with Gasteiger partial charge in [0.1, 0.15) is 18.7 Å². The molecule has 1 aromatic carbocycles. The molecule has 6 nitrogen and oxygen atoms in total. The highest BCUT2D eigenvalue weighted by Gasteiger charge is 2.22. The Kier molecular flexibility index (Phi) is 6.04. The summed E-state index contributed by atoms with van der Waals surface area (Å²) in [5.74, 6) is 2.43. The van der Waals surface area contributed by atoms with E-state index in [9.17, 15) is 0 Å². The lowest BCUT2D eigenvalue weighted by Crippen LogP contribution is -2.44. The van der Waals surface area contributed by atoms with E-state index in [2.05, 4.69) is 63.0 Å². The number of nitrogens with zero attached hydrogens (tertiary/aromatic N) is 4. The van der Waals surface area contributed by atoms with Crippen molar-refractivity contribution in [3.05, 3.63) is 48.0 Å².